The van der Waals surface area contributed by atoms with Crippen molar-refractivity contribution in [3.05, 3.63) is 70.3 Å². The van der Waals surface area contributed by atoms with Gasteiger partial charge in [0.2, 0.25) is 0 Å². The number of nitrogens with one attached hydrogen (secondary N) is 1. The zero-order valence-electron chi connectivity index (χ0n) is 12.2. The van der Waals surface area contributed by atoms with E-state index in [2.05, 4.69) is 17.4 Å². The molecule has 0 saturated carbocycles. The van der Waals surface area contributed by atoms with Gasteiger partial charge in [-0.2, -0.15) is 0 Å². The summed E-state index contributed by atoms with van der Waals surface area (Å²) in [7, 11) is 0. The zero-order valence-corrected chi connectivity index (χ0v) is 13.0. The molecule has 2 aromatic rings. The van der Waals surface area contributed by atoms with Crippen molar-refractivity contribution in [3.8, 4) is 0 Å². The molecule has 0 aromatic heterocycles. The van der Waals surface area contributed by atoms with E-state index in [9.17, 15) is 10.1 Å². The summed E-state index contributed by atoms with van der Waals surface area (Å²) in [6.45, 7) is 3.52. The van der Waals surface area contributed by atoms with Gasteiger partial charge in [0.1, 0.15) is 0 Å². The highest BCUT2D eigenvalue weighted by Gasteiger charge is 2.10. The summed E-state index contributed by atoms with van der Waals surface area (Å²) in [5.41, 5.74) is 1.98. The zero-order chi connectivity index (χ0) is 15.9. The summed E-state index contributed by atoms with van der Waals surface area (Å²) in [5.74, 6) is 0. The number of thiocarbonyl (C=S) groups is 1. The first-order valence-corrected chi connectivity index (χ1v) is 7.35. The number of hydrogen-bond acceptors (Lipinski definition) is 3. The first-order chi connectivity index (χ1) is 10.6. The molecule has 0 saturated heterocycles. The van der Waals surface area contributed by atoms with Crippen molar-refractivity contribution in [1.29, 1.82) is 0 Å². The number of anilines is 1. The maximum Gasteiger partial charge on any atom is 0.269 e. The van der Waals surface area contributed by atoms with Crippen LogP contribution in [-0.2, 0) is 6.54 Å². The van der Waals surface area contributed by atoms with Crippen LogP contribution < -0.4 is 5.32 Å². The molecule has 1 N–H and O–H groups in total. The van der Waals surface area contributed by atoms with Crippen LogP contribution in [0, 0.1) is 10.1 Å². The van der Waals surface area contributed by atoms with E-state index in [-0.39, 0.29) is 5.69 Å². The molecule has 0 aliphatic carbocycles. The van der Waals surface area contributed by atoms with Crippen molar-refractivity contribution in [2.75, 3.05) is 11.9 Å². The summed E-state index contributed by atoms with van der Waals surface area (Å²) in [6.07, 6.45) is 0. The van der Waals surface area contributed by atoms with Gasteiger partial charge in [0.25, 0.3) is 5.69 Å². The molecule has 0 aliphatic heterocycles. The summed E-state index contributed by atoms with van der Waals surface area (Å²) in [6, 6.07) is 16.3. The Morgan fingerprint density at radius 2 is 1.82 bits per heavy atom. The van der Waals surface area contributed by atoms with Crippen LogP contribution in [-0.4, -0.2) is 21.5 Å². The predicted octanol–water partition coefficient (Wildman–Crippen LogP) is 3.81. The Bertz CT molecular complexity index is 644. The number of nitro groups is 1. The minimum Gasteiger partial charge on any atom is -0.345 e. The third-order valence-electron chi connectivity index (χ3n) is 3.21. The maximum absolute atomic E-state index is 10.6. The van der Waals surface area contributed by atoms with Crippen LogP contribution in [0.2, 0.25) is 0 Å². The Kier molecular flexibility index (Phi) is 5.43. The van der Waals surface area contributed by atoms with Crippen LogP contribution in [0.5, 0.6) is 0 Å². The van der Waals surface area contributed by atoms with Gasteiger partial charge in [0.15, 0.2) is 5.11 Å². The fourth-order valence-corrected chi connectivity index (χ4v) is 2.31. The highest BCUT2D eigenvalue weighted by atomic mass is 32.1. The molecule has 2 aromatic carbocycles. The third kappa shape index (κ3) is 4.26. The van der Waals surface area contributed by atoms with E-state index in [1.807, 2.05) is 30.0 Å². The lowest BCUT2D eigenvalue weighted by Crippen LogP contribution is -2.34. The van der Waals surface area contributed by atoms with Gasteiger partial charge in [-0.1, -0.05) is 30.3 Å². The summed E-state index contributed by atoms with van der Waals surface area (Å²) in [5, 5.41) is 14.4. The third-order valence-corrected chi connectivity index (χ3v) is 3.57. The maximum atomic E-state index is 10.6. The molecule has 0 atom stereocenters. The lowest BCUT2D eigenvalue weighted by atomic mass is 10.2. The molecule has 0 spiro atoms. The fourth-order valence-electron chi connectivity index (χ4n) is 2.00. The molecule has 6 heteroatoms. The van der Waals surface area contributed by atoms with Crippen molar-refractivity contribution in [1.82, 2.24) is 4.90 Å². The van der Waals surface area contributed by atoms with Crippen LogP contribution in [0.4, 0.5) is 11.4 Å². The second-order valence-corrected chi connectivity index (χ2v) is 5.12. The van der Waals surface area contributed by atoms with Crippen molar-refractivity contribution in [3.63, 3.8) is 0 Å². The normalized spacial score (nSPS) is 10.0. The number of non-ortho nitro benzene ring substituents is 1. The summed E-state index contributed by atoms with van der Waals surface area (Å²) < 4.78 is 0. The van der Waals surface area contributed by atoms with Gasteiger partial charge in [-0.25, -0.2) is 0 Å². The Labute approximate surface area is 134 Å². The van der Waals surface area contributed by atoms with Crippen molar-refractivity contribution >= 4 is 28.7 Å². The highest BCUT2D eigenvalue weighted by Crippen LogP contribution is 2.16. The highest BCUT2D eigenvalue weighted by molar-refractivity contribution is 7.80. The standard InChI is InChI=1S/C16H17N3O2S/c1-2-18(12-13-6-4-3-5-7-13)16(22)17-14-8-10-15(11-9-14)19(20)21/h3-11H,2,12H2,1H3,(H,17,22). The first kappa shape index (κ1) is 15.9. The fraction of sp³-hybridized carbons (Fsp3) is 0.188. The monoisotopic (exact) mass is 315 g/mol. The topological polar surface area (TPSA) is 58.4 Å². The molecule has 0 unspecified atom stereocenters. The predicted molar refractivity (Wildman–Crippen MR) is 91.8 cm³/mol. The van der Waals surface area contributed by atoms with Crippen molar-refractivity contribution in [2.45, 2.75) is 13.5 Å². The molecule has 0 amide bonds. The Balaban J connectivity index is 2.01. The molecule has 22 heavy (non-hydrogen) atoms. The number of nitrogens with zero attached hydrogens (tertiary/aromatic N) is 2. The Hall–Kier alpha value is -2.47. The Morgan fingerprint density at radius 3 is 2.36 bits per heavy atom. The van der Waals surface area contributed by atoms with E-state index in [0.29, 0.717) is 5.11 Å². The molecule has 0 aliphatic rings. The van der Waals surface area contributed by atoms with Gasteiger partial charge in [0, 0.05) is 30.9 Å². The van der Waals surface area contributed by atoms with E-state index in [1.165, 1.54) is 17.7 Å². The van der Waals surface area contributed by atoms with Gasteiger partial charge in [0.05, 0.1) is 4.92 Å². The lowest BCUT2D eigenvalue weighted by molar-refractivity contribution is -0.384. The van der Waals surface area contributed by atoms with Crippen LogP contribution in [0.15, 0.2) is 54.6 Å². The average molecular weight is 315 g/mol. The minimum absolute atomic E-state index is 0.0631. The van der Waals surface area contributed by atoms with E-state index in [4.69, 9.17) is 12.2 Å². The van der Waals surface area contributed by atoms with Crippen LogP contribution in [0.25, 0.3) is 0 Å². The summed E-state index contributed by atoms with van der Waals surface area (Å²) in [4.78, 5) is 12.3. The van der Waals surface area contributed by atoms with Crippen LogP contribution >= 0.6 is 12.2 Å². The molecule has 0 radical (unpaired) electrons. The van der Waals surface area contributed by atoms with Crippen molar-refractivity contribution < 1.29 is 4.92 Å². The van der Waals surface area contributed by atoms with E-state index < -0.39 is 4.92 Å². The van der Waals surface area contributed by atoms with E-state index >= 15 is 0 Å². The van der Waals surface area contributed by atoms with Crippen molar-refractivity contribution in [2.24, 2.45) is 0 Å². The number of rotatable bonds is 5. The van der Waals surface area contributed by atoms with Gasteiger partial charge in [-0.3, -0.25) is 10.1 Å². The smallest absolute Gasteiger partial charge is 0.269 e. The molecule has 0 bridgehead atoms. The minimum atomic E-state index is -0.421. The number of hydrogen-bond donors (Lipinski definition) is 1. The molecule has 5 nitrogen and oxygen atoms in total. The second kappa shape index (κ2) is 7.51. The van der Waals surface area contributed by atoms with E-state index in [1.54, 1.807) is 12.1 Å². The average Bonchev–Trinajstić information content (AvgIpc) is 2.54. The molecular formula is C16H17N3O2S. The quantitative estimate of drug-likeness (QED) is 0.516. The lowest BCUT2D eigenvalue weighted by Gasteiger charge is -2.24. The van der Waals surface area contributed by atoms with Gasteiger partial charge in [-0.15, -0.1) is 0 Å². The Morgan fingerprint density at radius 1 is 1.18 bits per heavy atom. The van der Waals surface area contributed by atoms with Gasteiger partial charge in [-0.05, 0) is 36.8 Å². The molecule has 0 heterocycles. The summed E-state index contributed by atoms with van der Waals surface area (Å²) >= 11 is 5.42. The molecule has 114 valence electrons. The molecule has 2 rings (SSSR count). The number of nitro benzene ring substituents is 1. The van der Waals surface area contributed by atoms with E-state index in [0.717, 1.165) is 18.8 Å². The number of benzene rings is 2. The van der Waals surface area contributed by atoms with Crippen LogP contribution in [0.3, 0.4) is 0 Å². The first-order valence-electron chi connectivity index (χ1n) is 6.94. The molecular weight excluding hydrogens is 298 g/mol. The van der Waals surface area contributed by atoms with Gasteiger partial charge < -0.3 is 10.2 Å². The second-order valence-electron chi connectivity index (χ2n) is 4.73. The van der Waals surface area contributed by atoms with Crippen LogP contribution in [0.1, 0.15) is 12.5 Å². The largest absolute Gasteiger partial charge is 0.345 e. The van der Waals surface area contributed by atoms with Gasteiger partial charge >= 0.3 is 0 Å². The SMILES string of the molecule is CCN(Cc1ccccc1)C(=S)Nc1ccc([N+](=O)[O-])cc1. The molecule has 0 fully saturated rings.